The lowest BCUT2D eigenvalue weighted by Crippen LogP contribution is -2.03. The van der Waals surface area contributed by atoms with Crippen LogP contribution < -0.4 is 0 Å². The molecule has 0 atom stereocenters. The summed E-state index contributed by atoms with van der Waals surface area (Å²) in [4.78, 5) is 17.0. The van der Waals surface area contributed by atoms with Crippen LogP contribution in [0.4, 0.5) is 0 Å². The van der Waals surface area contributed by atoms with Gasteiger partial charge >= 0.3 is 0 Å². The van der Waals surface area contributed by atoms with E-state index >= 15 is 0 Å². The topological polar surface area (TPSA) is 30.0 Å². The number of carbonyl (C=O) groups excluding carboxylic acids is 1. The Balaban J connectivity index is 2.18. The van der Waals surface area contributed by atoms with Crippen molar-refractivity contribution in [1.82, 2.24) is 4.98 Å². The van der Waals surface area contributed by atoms with Crippen molar-refractivity contribution in [3.05, 3.63) is 75.4 Å². The minimum Gasteiger partial charge on any atom is -0.288 e. The van der Waals surface area contributed by atoms with Crippen molar-refractivity contribution in [2.45, 2.75) is 0 Å². The minimum atomic E-state index is -0.119. The Kier molecular flexibility index (Phi) is 3.55. The number of hydrogen-bond acceptors (Lipinski definition) is 2. The third-order valence-corrected chi connectivity index (χ3v) is 3.86. The minimum absolute atomic E-state index is 0.119. The summed E-state index contributed by atoms with van der Waals surface area (Å²) in [6.45, 7) is 0. The van der Waals surface area contributed by atoms with Crippen LogP contribution in [0.2, 0.25) is 5.02 Å². The number of carbonyl (C=O) groups is 1. The summed E-state index contributed by atoms with van der Waals surface area (Å²) in [5, 5.41) is 1.36. The fourth-order valence-corrected chi connectivity index (χ4v) is 2.87. The Labute approximate surface area is 129 Å². The predicted octanol–water partition coefficient (Wildman–Crippen LogP) is 4.88. The molecule has 98 valence electrons. The summed E-state index contributed by atoms with van der Waals surface area (Å²) in [5.41, 5.74) is 1.74. The van der Waals surface area contributed by atoms with Crippen LogP contribution in [0.1, 0.15) is 15.9 Å². The fourth-order valence-electron chi connectivity index (χ4n) is 2.11. The van der Waals surface area contributed by atoms with E-state index in [4.69, 9.17) is 11.6 Å². The third kappa shape index (κ3) is 2.35. The van der Waals surface area contributed by atoms with E-state index in [1.807, 2.05) is 24.3 Å². The normalized spacial score (nSPS) is 10.7. The second-order valence-corrected chi connectivity index (χ2v) is 5.66. The van der Waals surface area contributed by atoms with Crippen LogP contribution in [0.15, 0.2) is 59.2 Å². The van der Waals surface area contributed by atoms with Crippen molar-refractivity contribution in [3.63, 3.8) is 0 Å². The van der Waals surface area contributed by atoms with Crippen LogP contribution in [0.25, 0.3) is 10.9 Å². The molecular formula is C16H9BrClNO. The number of hydrogen-bond donors (Lipinski definition) is 0. The summed E-state index contributed by atoms with van der Waals surface area (Å²) in [6, 6.07) is 14.6. The number of aromatic nitrogens is 1. The number of halogens is 2. The van der Waals surface area contributed by atoms with E-state index in [1.54, 1.807) is 30.5 Å². The molecule has 0 unspecified atom stereocenters. The molecule has 20 heavy (non-hydrogen) atoms. The Morgan fingerprint density at radius 1 is 1.05 bits per heavy atom. The standard InChI is InChI=1S/C16H9BrClNO/c17-11-6-7-12(14(18)9-11)16(20)13-5-1-3-10-4-2-8-19-15(10)13/h1-9H. The molecule has 4 heteroatoms. The number of fused-ring (bicyclic) bond motifs is 1. The maximum Gasteiger partial charge on any atom is 0.196 e. The Morgan fingerprint density at radius 3 is 2.65 bits per heavy atom. The highest BCUT2D eigenvalue weighted by molar-refractivity contribution is 9.10. The molecule has 1 heterocycles. The zero-order chi connectivity index (χ0) is 14.1. The number of para-hydroxylation sites is 1. The lowest BCUT2D eigenvalue weighted by atomic mass is 10.0. The molecule has 2 aromatic carbocycles. The summed E-state index contributed by atoms with van der Waals surface area (Å²) in [6.07, 6.45) is 1.68. The van der Waals surface area contributed by atoms with Gasteiger partial charge in [0.1, 0.15) is 0 Å². The monoisotopic (exact) mass is 345 g/mol. The smallest absolute Gasteiger partial charge is 0.196 e. The molecule has 1 aromatic heterocycles. The van der Waals surface area contributed by atoms with Gasteiger partial charge in [0.15, 0.2) is 5.78 Å². The van der Waals surface area contributed by atoms with Crippen molar-refractivity contribution in [2.24, 2.45) is 0 Å². The lowest BCUT2D eigenvalue weighted by Gasteiger charge is -2.07. The van der Waals surface area contributed by atoms with Gasteiger partial charge in [-0.25, -0.2) is 0 Å². The summed E-state index contributed by atoms with van der Waals surface area (Å²) >= 11 is 9.49. The largest absolute Gasteiger partial charge is 0.288 e. The highest BCUT2D eigenvalue weighted by atomic mass is 79.9. The van der Waals surface area contributed by atoms with Crippen LogP contribution >= 0.6 is 27.5 Å². The molecule has 0 saturated heterocycles. The van der Waals surface area contributed by atoms with Gasteiger partial charge in [0, 0.05) is 27.2 Å². The molecule has 0 aliphatic rings. The van der Waals surface area contributed by atoms with Gasteiger partial charge < -0.3 is 0 Å². The summed E-state index contributed by atoms with van der Waals surface area (Å²) < 4.78 is 0.843. The van der Waals surface area contributed by atoms with E-state index in [1.165, 1.54) is 0 Å². The van der Waals surface area contributed by atoms with Gasteiger partial charge in [-0.2, -0.15) is 0 Å². The molecule has 0 radical (unpaired) electrons. The van der Waals surface area contributed by atoms with Gasteiger partial charge in [-0.1, -0.05) is 45.7 Å². The molecule has 0 spiro atoms. The molecular weight excluding hydrogens is 338 g/mol. The van der Waals surface area contributed by atoms with Gasteiger partial charge in [-0.15, -0.1) is 0 Å². The van der Waals surface area contributed by atoms with Gasteiger partial charge in [0.05, 0.1) is 10.5 Å². The molecule has 3 rings (SSSR count). The first-order chi connectivity index (χ1) is 9.66. The van der Waals surface area contributed by atoms with Crippen LogP contribution in [0.5, 0.6) is 0 Å². The average Bonchev–Trinajstić information content (AvgIpc) is 2.46. The number of benzene rings is 2. The number of rotatable bonds is 2. The van der Waals surface area contributed by atoms with Crippen molar-refractivity contribution in [1.29, 1.82) is 0 Å². The lowest BCUT2D eigenvalue weighted by molar-refractivity contribution is 0.104. The van der Waals surface area contributed by atoms with E-state index in [0.717, 1.165) is 9.86 Å². The Hall–Kier alpha value is -1.71. The molecule has 0 bridgehead atoms. The zero-order valence-electron chi connectivity index (χ0n) is 10.3. The van der Waals surface area contributed by atoms with E-state index in [0.29, 0.717) is 21.7 Å². The van der Waals surface area contributed by atoms with Crippen molar-refractivity contribution >= 4 is 44.2 Å². The second-order valence-electron chi connectivity index (χ2n) is 4.33. The molecule has 0 aliphatic carbocycles. The molecule has 0 aliphatic heterocycles. The number of pyridine rings is 1. The van der Waals surface area contributed by atoms with E-state index in [2.05, 4.69) is 20.9 Å². The zero-order valence-corrected chi connectivity index (χ0v) is 12.6. The first-order valence-corrected chi connectivity index (χ1v) is 7.17. The third-order valence-electron chi connectivity index (χ3n) is 3.05. The van der Waals surface area contributed by atoms with Gasteiger partial charge in [0.2, 0.25) is 0 Å². The van der Waals surface area contributed by atoms with Crippen molar-refractivity contribution < 1.29 is 4.79 Å². The fraction of sp³-hybridized carbons (Fsp3) is 0. The van der Waals surface area contributed by atoms with E-state index < -0.39 is 0 Å². The van der Waals surface area contributed by atoms with Gasteiger partial charge in [-0.05, 0) is 30.3 Å². The summed E-state index contributed by atoms with van der Waals surface area (Å²) in [5.74, 6) is -0.119. The molecule has 3 aromatic rings. The van der Waals surface area contributed by atoms with Gasteiger partial charge in [0.25, 0.3) is 0 Å². The van der Waals surface area contributed by atoms with Crippen LogP contribution in [-0.4, -0.2) is 10.8 Å². The average molecular weight is 347 g/mol. The van der Waals surface area contributed by atoms with E-state index in [-0.39, 0.29) is 5.78 Å². The molecule has 0 saturated carbocycles. The van der Waals surface area contributed by atoms with Crippen LogP contribution in [-0.2, 0) is 0 Å². The highest BCUT2D eigenvalue weighted by Gasteiger charge is 2.16. The maximum absolute atomic E-state index is 12.7. The maximum atomic E-state index is 12.7. The van der Waals surface area contributed by atoms with Crippen LogP contribution in [0, 0.1) is 0 Å². The quantitative estimate of drug-likeness (QED) is 0.619. The van der Waals surface area contributed by atoms with Crippen molar-refractivity contribution in [3.8, 4) is 0 Å². The first-order valence-electron chi connectivity index (χ1n) is 6.00. The predicted molar refractivity (Wildman–Crippen MR) is 84.3 cm³/mol. The van der Waals surface area contributed by atoms with Gasteiger partial charge in [-0.3, -0.25) is 9.78 Å². The number of nitrogens with zero attached hydrogens (tertiary/aromatic N) is 1. The summed E-state index contributed by atoms with van der Waals surface area (Å²) in [7, 11) is 0. The molecule has 0 fully saturated rings. The van der Waals surface area contributed by atoms with Crippen LogP contribution in [0.3, 0.4) is 0 Å². The number of ketones is 1. The molecule has 2 nitrogen and oxygen atoms in total. The van der Waals surface area contributed by atoms with Crippen molar-refractivity contribution in [2.75, 3.05) is 0 Å². The second kappa shape index (κ2) is 5.35. The Bertz CT molecular complexity index is 811. The van der Waals surface area contributed by atoms with E-state index in [9.17, 15) is 4.79 Å². The first kappa shape index (κ1) is 13.3. The molecule has 0 N–H and O–H groups in total. The SMILES string of the molecule is O=C(c1ccc(Br)cc1Cl)c1cccc2cccnc12. The molecule has 0 amide bonds. The Morgan fingerprint density at radius 2 is 1.85 bits per heavy atom. The highest BCUT2D eigenvalue weighted by Crippen LogP contribution is 2.26.